The Bertz CT molecular complexity index is 1190. The van der Waals surface area contributed by atoms with Crippen molar-refractivity contribution in [1.29, 1.82) is 0 Å². The van der Waals surface area contributed by atoms with Crippen molar-refractivity contribution in [1.82, 2.24) is 24.7 Å². The molecule has 0 unspecified atom stereocenters. The van der Waals surface area contributed by atoms with Gasteiger partial charge in [-0.1, -0.05) is 6.07 Å². The third-order valence-electron chi connectivity index (χ3n) is 7.26. The van der Waals surface area contributed by atoms with E-state index in [4.69, 9.17) is 21.9 Å². The minimum Gasteiger partial charge on any atom is -0.378 e. The summed E-state index contributed by atoms with van der Waals surface area (Å²) in [5.74, 6) is 0. The van der Waals surface area contributed by atoms with Crippen molar-refractivity contribution in [3.63, 3.8) is 0 Å². The first-order chi connectivity index (χ1) is 17.4. The van der Waals surface area contributed by atoms with E-state index in [0.717, 1.165) is 50.2 Å². The summed E-state index contributed by atoms with van der Waals surface area (Å²) in [4.78, 5) is 11.6. The lowest BCUT2D eigenvalue weighted by atomic mass is 9.96. The van der Waals surface area contributed by atoms with Crippen LogP contribution in [0.3, 0.4) is 0 Å². The molecule has 1 N–H and O–H groups in total. The largest absolute Gasteiger partial charge is 0.378 e. The van der Waals surface area contributed by atoms with Crippen LogP contribution in [0.15, 0.2) is 54.7 Å². The van der Waals surface area contributed by atoms with Crippen LogP contribution in [0.5, 0.6) is 0 Å². The van der Waals surface area contributed by atoms with Gasteiger partial charge in [-0.3, -0.25) is 4.98 Å². The number of nitrogens with zero attached hydrogens (tertiary/aromatic N) is 5. The predicted octanol–water partition coefficient (Wildman–Crippen LogP) is 3.86. The number of hydrogen-bond acceptors (Lipinski definition) is 5. The zero-order valence-electron chi connectivity index (χ0n) is 21.6. The lowest BCUT2D eigenvalue weighted by molar-refractivity contribution is 0.122. The van der Waals surface area contributed by atoms with E-state index < -0.39 is 0 Å². The third kappa shape index (κ3) is 4.85. The summed E-state index contributed by atoms with van der Waals surface area (Å²) < 4.78 is 7.87. The number of aryl methyl sites for hydroxylation is 1. The maximum Gasteiger partial charge on any atom is 0.170 e. The molecule has 2 saturated heterocycles. The summed E-state index contributed by atoms with van der Waals surface area (Å²) in [5.41, 5.74) is 7.17. The molecular formula is C28H36N6OS. The van der Waals surface area contributed by atoms with Gasteiger partial charge < -0.3 is 29.3 Å². The van der Waals surface area contributed by atoms with Crippen molar-refractivity contribution >= 4 is 23.0 Å². The molecule has 190 valence electrons. The van der Waals surface area contributed by atoms with Gasteiger partial charge in [0.15, 0.2) is 5.11 Å². The molecule has 0 aliphatic carbocycles. The molecule has 5 rings (SSSR count). The van der Waals surface area contributed by atoms with Gasteiger partial charge in [0, 0.05) is 55.1 Å². The fourth-order valence-corrected chi connectivity index (χ4v) is 5.74. The van der Waals surface area contributed by atoms with Gasteiger partial charge in [-0.05, 0) is 88.2 Å². The van der Waals surface area contributed by atoms with Crippen LogP contribution in [-0.4, -0.2) is 78.0 Å². The number of aromatic nitrogens is 2. The summed E-state index contributed by atoms with van der Waals surface area (Å²) in [6.07, 6.45) is 1.86. The highest BCUT2D eigenvalue weighted by Crippen LogP contribution is 2.41. The first kappa shape index (κ1) is 24.7. The van der Waals surface area contributed by atoms with Crippen LogP contribution in [0, 0.1) is 13.8 Å². The van der Waals surface area contributed by atoms with Crippen LogP contribution >= 0.6 is 12.2 Å². The second-order valence-electron chi connectivity index (χ2n) is 9.90. The van der Waals surface area contributed by atoms with E-state index in [1.54, 1.807) is 0 Å². The van der Waals surface area contributed by atoms with Crippen LogP contribution in [0.25, 0.3) is 5.69 Å². The maximum absolute atomic E-state index is 5.85. The molecule has 0 bridgehead atoms. The van der Waals surface area contributed by atoms with Crippen molar-refractivity contribution < 1.29 is 4.74 Å². The van der Waals surface area contributed by atoms with Gasteiger partial charge >= 0.3 is 0 Å². The number of likely N-dealkylation sites (N-methyl/N-ethyl adjacent to an activating group) is 1. The molecule has 2 atom stereocenters. The number of anilines is 1. The molecule has 0 spiro atoms. The second kappa shape index (κ2) is 10.6. The van der Waals surface area contributed by atoms with Crippen molar-refractivity contribution in [2.75, 3.05) is 58.4 Å². The van der Waals surface area contributed by atoms with Gasteiger partial charge in [0.25, 0.3) is 0 Å². The van der Waals surface area contributed by atoms with E-state index >= 15 is 0 Å². The molecule has 2 aliphatic rings. The molecule has 0 amide bonds. The van der Waals surface area contributed by atoms with Gasteiger partial charge in [-0.2, -0.15) is 0 Å². The average Bonchev–Trinajstić information content (AvgIpc) is 3.38. The Labute approximate surface area is 219 Å². The monoisotopic (exact) mass is 504 g/mol. The number of rotatable bonds is 7. The third-order valence-corrected chi connectivity index (χ3v) is 7.61. The molecule has 36 heavy (non-hydrogen) atoms. The average molecular weight is 505 g/mol. The molecule has 7 nitrogen and oxygen atoms in total. The van der Waals surface area contributed by atoms with Crippen molar-refractivity contribution in [3.05, 3.63) is 77.4 Å². The molecule has 8 heteroatoms. The Morgan fingerprint density at radius 3 is 2.44 bits per heavy atom. The van der Waals surface area contributed by atoms with Crippen LogP contribution in [-0.2, 0) is 4.74 Å². The molecular weight excluding hydrogens is 468 g/mol. The normalized spacial score (nSPS) is 20.3. The van der Waals surface area contributed by atoms with Crippen LogP contribution < -0.4 is 10.2 Å². The van der Waals surface area contributed by atoms with E-state index in [1.807, 2.05) is 18.3 Å². The zero-order chi connectivity index (χ0) is 25.2. The minimum atomic E-state index is -0.00138. The van der Waals surface area contributed by atoms with Crippen molar-refractivity contribution in [2.24, 2.45) is 0 Å². The summed E-state index contributed by atoms with van der Waals surface area (Å²) in [7, 11) is 4.20. The van der Waals surface area contributed by atoms with E-state index in [2.05, 4.69) is 88.9 Å². The predicted molar refractivity (Wildman–Crippen MR) is 149 cm³/mol. The summed E-state index contributed by atoms with van der Waals surface area (Å²) in [6, 6.07) is 17.4. The van der Waals surface area contributed by atoms with Gasteiger partial charge in [0.2, 0.25) is 0 Å². The number of hydrogen-bond donors (Lipinski definition) is 1. The molecule has 1 aromatic carbocycles. The van der Waals surface area contributed by atoms with Gasteiger partial charge in [-0.15, -0.1) is 0 Å². The Morgan fingerprint density at radius 1 is 1.06 bits per heavy atom. The number of pyridine rings is 1. The van der Waals surface area contributed by atoms with Crippen molar-refractivity contribution in [3.8, 4) is 5.69 Å². The van der Waals surface area contributed by atoms with E-state index in [-0.39, 0.29) is 12.1 Å². The van der Waals surface area contributed by atoms with Gasteiger partial charge in [-0.25, -0.2) is 0 Å². The lowest BCUT2D eigenvalue weighted by Crippen LogP contribution is -2.36. The summed E-state index contributed by atoms with van der Waals surface area (Å²) in [5, 5.41) is 4.37. The SMILES string of the molecule is Cc1cc([C@H]2[C@H](c3ccccn3)NC(=S)N2CCN(C)C)c(C)n1-c1ccc(N2CCOCC2)cc1. The highest BCUT2D eigenvalue weighted by molar-refractivity contribution is 7.80. The van der Waals surface area contributed by atoms with E-state index in [0.29, 0.717) is 0 Å². The topological polar surface area (TPSA) is 48.8 Å². The highest BCUT2D eigenvalue weighted by atomic mass is 32.1. The fourth-order valence-electron chi connectivity index (χ4n) is 5.41. The van der Waals surface area contributed by atoms with E-state index in [9.17, 15) is 0 Å². The summed E-state index contributed by atoms with van der Waals surface area (Å²) >= 11 is 5.85. The lowest BCUT2D eigenvalue weighted by Gasteiger charge is -2.29. The Morgan fingerprint density at radius 2 is 1.78 bits per heavy atom. The fraction of sp³-hybridized carbons (Fsp3) is 0.429. The molecule has 2 fully saturated rings. The first-order valence-electron chi connectivity index (χ1n) is 12.7. The molecule has 2 aromatic heterocycles. The number of thiocarbonyl (C=S) groups is 1. The highest BCUT2D eigenvalue weighted by Gasteiger charge is 2.41. The smallest absolute Gasteiger partial charge is 0.170 e. The summed E-state index contributed by atoms with van der Waals surface area (Å²) in [6.45, 7) is 9.65. The van der Waals surface area contributed by atoms with Crippen LogP contribution in [0.4, 0.5) is 5.69 Å². The number of benzene rings is 1. The molecule has 3 aromatic rings. The Kier molecular flexibility index (Phi) is 7.27. The maximum atomic E-state index is 5.85. The van der Waals surface area contributed by atoms with Gasteiger partial charge in [0.1, 0.15) is 0 Å². The number of morpholine rings is 1. The Balaban J connectivity index is 1.50. The van der Waals surface area contributed by atoms with Crippen LogP contribution in [0.2, 0.25) is 0 Å². The van der Waals surface area contributed by atoms with Crippen molar-refractivity contribution in [2.45, 2.75) is 25.9 Å². The standard InChI is InChI=1S/C28H36N6OS/c1-20-19-24(21(2)34(20)23-10-8-22(9-11-23)32-15-17-35-18-16-32)27-26(25-7-5-6-12-29-25)30-28(36)33(27)14-13-31(3)4/h5-12,19,26-27H,13-18H2,1-4H3,(H,30,36)/t26-,27-/m0/s1. The second-order valence-corrected chi connectivity index (χ2v) is 10.3. The number of nitrogens with one attached hydrogen (secondary N) is 1. The molecule has 4 heterocycles. The molecule has 0 saturated carbocycles. The molecule has 0 radical (unpaired) electrons. The van der Waals surface area contributed by atoms with Gasteiger partial charge in [0.05, 0.1) is 31.0 Å². The van der Waals surface area contributed by atoms with Crippen LogP contribution in [0.1, 0.15) is 34.7 Å². The first-order valence-corrected chi connectivity index (χ1v) is 13.1. The quantitative estimate of drug-likeness (QED) is 0.491. The zero-order valence-corrected chi connectivity index (χ0v) is 22.5. The molecule has 2 aliphatic heterocycles. The minimum absolute atomic E-state index is 0.00138. The Hall–Kier alpha value is -2.94. The number of ether oxygens (including phenoxy) is 1. The van der Waals surface area contributed by atoms with E-state index in [1.165, 1.54) is 28.3 Å².